The van der Waals surface area contributed by atoms with Crippen LogP contribution in [0.25, 0.3) is 6.08 Å². The molecule has 0 aliphatic carbocycles. The van der Waals surface area contributed by atoms with Gasteiger partial charge in [0.1, 0.15) is 0 Å². The fourth-order valence-electron chi connectivity index (χ4n) is 1.14. The maximum atomic E-state index is 11.2. The number of rotatable bonds is 7. The van der Waals surface area contributed by atoms with E-state index in [4.69, 9.17) is 4.74 Å². The number of ether oxygens (including phenoxy) is 2. The zero-order valence-electron chi connectivity index (χ0n) is 9.37. The molecule has 0 spiro atoms. The lowest BCUT2D eigenvalue weighted by atomic mass is 10.2. The molecule has 90 valence electrons. The van der Waals surface area contributed by atoms with Crippen LogP contribution in [0.5, 0.6) is 0 Å². The molecular weight excluding hydrogens is 220 g/mol. The Morgan fingerprint density at radius 2 is 1.94 bits per heavy atom. The summed E-state index contributed by atoms with van der Waals surface area (Å²) in [6.45, 7) is 0.877. The van der Waals surface area contributed by atoms with Crippen molar-refractivity contribution in [3.63, 3.8) is 0 Å². The molecule has 4 nitrogen and oxygen atoms in total. The topological polar surface area (TPSA) is 52.6 Å². The molecule has 0 aromatic heterocycles. The van der Waals surface area contributed by atoms with E-state index in [1.807, 2.05) is 30.3 Å². The summed E-state index contributed by atoms with van der Waals surface area (Å²) in [6.07, 6.45) is 3.56. The van der Waals surface area contributed by atoms with Crippen LogP contribution in [0.4, 0.5) is 0 Å². The monoisotopic (exact) mass is 234 g/mol. The Balaban J connectivity index is 2.21. The molecule has 0 bridgehead atoms. The summed E-state index contributed by atoms with van der Waals surface area (Å²) in [5, 5.41) is 0. The molecule has 0 aliphatic heterocycles. The maximum absolute atomic E-state index is 11.2. The van der Waals surface area contributed by atoms with Crippen LogP contribution in [0.2, 0.25) is 0 Å². The molecule has 0 heterocycles. The van der Waals surface area contributed by atoms with E-state index in [1.165, 1.54) is 6.08 Å². The van der Waals surface area contributed by atoms with Crippen molar-refractivity contribution in [1.29, 1.82) is 0 Å². The Labute approximate surface area is 99.8 Å². The first-order valence-corrected chi connectivity index (χ1v) is 5.28. The maximum Gasteiger partial charge on any atom is 0.330 e. The van der Waals surface area contributed by atoms with E-state index in [0.29, 0.717) is 12.9 Å². The van der Waals surface area contributed by atoms with E-state index in [9.17, 15) is 9.59 Å². The third-order valence-electron chi connectivity index (χ3n) is 1.93. The average molecular weight is 234 g/mol. The van der Waals surface area contributed by atoms with Gasteiger partial charge < -0.3 is 9.47 Å². The Hall–Kier alpha value is -2.10. The standard InChI is InChI=1S/C13H14O4/c14-11-16-9-4-10-17-13(15)8-7-12-5-2-1-3-6-12/h1-3,5-8,11H,4,9-10H2. The van der Waals surface area contributed by atoms with Gasteiger partial charge in [-0.05, 0) is 11.6 Å². The molecule has 0 fully saturated rings. The normalized spacial score (nSPS) is 10.1. The van der Waals surface area contributed by atoms with Gasteiger partial charge in [0.15, 0.2) is 0 Å². The number of esters is 1. The van der Waals surface area contributed by atoms with Gasteiger partial charge in [-0.3, -0.25) is 4.79 Å². The van der Waals surface area contributed by atoms with Crippen LogP contribution in [0.15, 0.2) is 36.4 Å². The predicted octanol–water partition coefficient (Wildman–Crippen LogP) is 1.81. The van der Waals surface area contributed by atoms with E-state index in [2.05, 4.69) is 4.74 Å². The fourth-order valence-corrected chi connectivity index (χ4v) is 1.14. The number of hydrogen-bond acceptors (Lipinski definition) is 4. The highest BCUT2D eigenvalue weighted by Crippen LogP contribution is 2.01. The molecule has 0 aliphatic rings. The highest BCUT2D eigenvalue weighted by atomic mass is 16.5. The van der Waals surface area contributed by atoms with Gasteiger partial charge in [0.2, 0.25) is 0 Å². The molecule has 1 rings (SSSR count). The summed E-state index contributed by atoms with van der Waals surface area (Å²) in [5.74, 6) is -0.403. The van der Waals surface area contributed by atoms with Gasteiger partial charge >= 0.3 is 5.97 Å². The largest absolute Gasteiger partial charge is 0.468 e. The van der Waals surface area contributed by atoms with Crippen LogP contribution in [0.3, 0.4) is 0 Å². The Morgan fingerprint density at radius 1 is 1.18 bits per heavy atom. The predicted molar refractivity (Wildman–Crippen MR) is 63.1 cm³/mol. The van der Waals surface area contributed by atoms with Gasteiger partial charge in [0, 0.05) is 12.5 Å². The summed E-state index contributed by atoms with van der Waals surface area (Å²) < 4.78 is 9.34. The van der Waals surface area contributed by atoms with Crippen LogP contribution in [0.1, 0.15) is 12.0 Å². The molecule has 4 heteroatoms. The minimum absolute atomic E-state index is 0.242. The first-order valence-electron chi connectivity index (χ1n) is 5.28. The molecule has 17 heavy (non-hydrogen) atoms. The molecule has 0 amide bonds. The zero-order valence-corrected chi connectivity index (χ0v) is 9.37. The molecule has 0 saturated heterocycles. The van der Waals surface area contributed by atoms with Crippen molar-refractivity contribution in [1.82, 2.24) is 0 Å². The minimum Gasteiger partial charge on any atom is -0.468 e. The van der Waals surface area contributed by atoms with Crippen LogP contribution >= 0.6 is 0 Å². The first-order chi connectivity index (χ1) is 8.33. The third-order valence-corrected chi connectivity index (χ3v) is 1.93. The highest BCUT2D eigenvalue weighted by molar-refractivity contribution is 5.86. The molecular formula is C13H14O4. The van der Waals surface area contributed by atoms with E-state index in [1.54, 1.807) is 6.08 Å². The molecule has 0 atom stereocenters. The number of benzene rings is 1. The smallest absolute Gasteiger partial charge is 0.330 e. The van der Waals surface area contributed by atoms with Crippen LogP contribution in [-0.2, 0) is 19.1 Å². The van der Waals surface area contributed by atoms with Crippen molar-refractivity contribution in [2.75, 3.05) is 13.2 Å². The first kappa shape index (κ1) is 13.0. The van der Waals surface area contributed by atoms with Crippen LogP contribution < -0.4 is 0 Å². The van der Waals surface area contributed by atoms with Gasteiger partial charge in [-0.25, -0.2) is 4.79 Å². The molecule has 1 aromatic rings. The lowest BCUT2D eigenvalue weighted by molar-refractivity contribution is -0.138. The second-order valence-corrected chi connectivity index (χ2v) is 3.23. The van der Waals surface area contributed by atoms with Crippen molar-refractivity contribution in [3.8, 4) is 0 Å². The molecule has 0 N–H and O–H groups in total. The average Bonchev–Trinajstić information content (AvgIpc) is 2.37. The Morgan fingerprint density at radius 3 is 2.65 bits per heavy atom. The molecule has 0 unspecified atom stereocenters. The summed E-state index contributed by atoms with van der Waals surface area (Å²) in [5.41, 5.74) is 0.939. The van der Waals surface area contributed by atoms with Crippen molar-refractivity contribution in [2.24, 2.45) is 0 Å². The van der Waals surface area contributed by atoms with Gasteiger partial charge in [-0.1, -0.05) is 30.3 Å². The quantitative estimate of drug-likeness (QED) is 0.312. The molecule has 0 saturated carbocycles. The summed E-state index contributed by atoms with van der Waals surface area (Å²) in [4.78, 5) is 21.0. The van der Waals surface area contributed by atoms with Crippen LogP contribution in [0, 0.1) is 0 Å². The molecule has 1 aromatic carbocycles. The van der Waals surface area contributed by atoms with E-state index >= 15 is 0 Å². The zero-order chi connectivity index (χ0) is 12.3. The second-order valence-electron chi connectivity index (χ2n) is 3.23. The third kappa shape index (κ3) is 6.14. The second kappa shape index (κ2) is 8.10. The number of carbonyl (C=O) groups is 2. The number of hydrogen-bond donors (Lipinski definition) is 0. The van der Waals surface area contributed by atoms with Gasteiger partial charge in [0.25, 0.3) is 6.47 Å². The van der Waals surface area contributed by atoms with E-state index < -0.39 is 5.97 Å². The van der Waals surface area contributed by atoms with Crippen molar-refractivity contribution in [3.05, 3.63) is 42.0 Å². The van der Waals surface area contributed by atoms with Gasteiger partial charge in [-0.2, -0.15) is 0 Å². The molecule has 0 radical (unpaired) electrons. The Kier molecular flexibility index (Phi) is 6.18. The summed E-state index contributed by atoms with van der Waals surface area (Å²) >= 11 is 0. The Bertz CT molecular complexity index is 370. The van der Waals surface area contributed by atoms with Crippen molar-refractivity contribution in [2.45, 2.75) is 6.42 Å². The SMILES string of the molecule is O=COCCCOC(=O)C=Cc1ccccc1. The lowest BCUT2D eigenvalue weighted by Gasteiger charge is -2.00. The lowest BCUT2D eigenvalue weighted by Crippen LogP contribution is -2.04. The summed E-state index contributed by atoms with van der Waals surface area (Å²) in [6, 6.07) is 9.47. The number of carbonyl (C=O) groups excluding carboxylic acids is 2. The fraction of sp³-hybridized carbons (Fsp3) is 0.231. The van der Waals surface area contributed by atoms with Gasteiger partial charge in [-0.15, -0.1) is 0 Å². The summed E-state index contributed by atoms with van der Waals surface area (Å²) in [7, 11) is 0. The minimum atomic E-state index is -0.403. The van der Waals surface area contributed by atoms with Gasteiger partial charge in [0.05, 0.1) is 13.2 Å². The van der Waals surface area contributed by atoms with Crippen LogP contribution in [-0.4, -0.2) is 25.7 Å². The van der Waals surface area contributed by atoms with E-state index in [-0.39, 0.29) is 13.2 Å². The van der Waals surface area contributed by atoms with Crippen molar-refractivity contribution < 1.29 is 19.1 Å². The van der Waals surface area contributed by atoms with E-state index in [0.717, 1.165) is 5.56 Å². The highest BCUT2D eigenvalue weighted by Gasteiger charge is 1.96. The van der Waals surface area contributed by atoms with Crippen molar-refractivity contribution >= 4 is 18.5 Å².